The Morgan fingerprint density at radius 3 is 2.79 bits per heavy atom. The van der Waals surface area contributed by atoms with E-state index in [0.717, 1.165) is 34.1 Å². The van der Waals surface area contributed by atoms with Gasteiger partial charge in [-0.05, 0) is 42.3 Å². The van der Waals surface area contributed by atoms with Gasteiger partial charge in [-0.25, -0.2) is 0 Å². The van der Waals surface area contributed by atoms with Gasteiger partial charge in [0.1, 0.15) is 5.75 Å². The van der Waals surface area contributed by atoms with Crippen LogP contribution < -0.4 is 10.1 Å². The molecule has 1 N–H and O–H groups in total. The second-order valence-corrected chi connectivity index (χ2v) is 9.62. The van der Waals surface area contributed by atoms with Crippen LogP contribution in [-0.4, -0.2) is 27.9 Å². The number of nitrogens with zero attached hydrogens (tertiary/aromatic N) is 3. The monoisotopic (exact) mass is 500 g/mol. The van der Waals surface area contributed by atoms with E-state index in [0.29, 0.717) is 28.3 Å². The van der Waals surface area contributed by atoms with Crippen LogP contribution in [0, 0.1) is 0 Å². The number of anilines is 1. The third kappa shape index (κ3) is 6.34. The van der Waals surface area contributed by atoms with Crippen LogP contribution in [0.1, 0.15) is 35.8 Å². The molecular formula is C23H21ClN4O3S2. The molecule has 10 heteroatoms. The van der Waals surface area contributed by atoms with E-state index in [4.69, 9.17) is 20.9 Å². The molecule has 2 heterocycles. The van der Waals surface area contributed by atoms with Crippen LogP contribution in [0.15, 0.2) is 63.5 Å². The SMILES string of the molecule is CCCCOc1ccc(-c2cc(C(=O)Nc3nnc(SCc4ccccc4Cl)s3)no2)cc1. The zero-order chi connectivity index (χ0) is 23.0. The minimum Gasteiger partial charge on any atom is -0.494 e. The van der Waals surface area contributed by atoms with E-state index in [1.54, 1.807) is 6.07 Å². The number of carbonyl (C=O) groups excluding carboxylic acids is 1. The third-order valence-corrected chi connectivity index (χ3v) is 6.97. The summed E-state index contributed by atoms with van der Waals surface area (Å²) < 4.78 is 11.7. The zero-order valence-electron chi connectivity index (χ0n) is 17.8. The molecule has 0 aliphatic carbocycles. The van der Waals surface area contributed by atoms with Gasteiger partial charge in [-0.2, -0.15) is 0 Å². The number of benzene rings is 2. The lowest BCUT2D eigenvalue weighted by atomic mass is 10.1. The van der Waals surface area contributed by atoms with Crippen LogP contribution in [0.5, 0.6) is 5.75 Å². The molecule has 0 fully saturated rings. The summed E-state index contributed by atoms with van der Waals surface area (Å²) in [6, 6.07) is 16.7. The van der Waals surface area contributed by atoms with Gasteiger partial charge in [0.15, 0.2) is 15.8 Å². The number of thioether (sulfide) groups is 1. The van der Waals surface area contributed by atoms with E-state index in [-0.39, 0.29) is 5.69 Å². The Bertz CT molecular complexity index is 1210. The highest BCUT2D eigenvalue weighted by molar-refractivity contribution is 8.00. The predicted molar refractivity (Wildman–Crippen MR) is 131 cm³/mol. The summed E-state index contributed by atoms with van der Waals surface area (Å²) in [5.41, 5.74) is 1.98. The summed E-state index contributed by atoms with van der Waals surface area (Å²) in [6.45, 7) is 2.81. The van der Waals surface area contributed by atoms with Gasteiger partial charge in [0, 0.05) is 22.4 Å². The summed E-state index contributed by atoms with van der Waals surface area (Å²) in [6.07, 6.45) is 2.10. The van der Waals surface area contributed by atoms with E-state index >= 15 is 0 Å². The number of nitrogens with one attached hydrogen (secondary N) is 1. The summed E-state index contributed by atoms with van der Waals surface area (Å²) in [4.78, 5) is 12.6. The molecule has 0 aliphatic rings. The fourth-order valence-corrected chi connectivity index (χ4v) is 4.84. The summed E-state index contributed by atoms with van der Waals surface area (Å²) in [5, 5.41) is 15.8. The molecule has 0 spiro atoms. The number of halogens is 1. The van der Waals surface area contributed by atoms with Gasteiger partial charge in [0.2, 0.25) is 5.13 Å². The van der Waals surface area contributed by atoms with Gasteiger partial charge in [0.05, 0.1) is 6.61 Å². The normalized spacial score (nSPS) is 10.8. The smallest absolute Gasteiger partial charge is 0.279 e. The van der Waals surface area contributed by atoms with Crippen molar-refractivity contribution in [2.45, 2.75) is 29.9 Å². The number of carbonyl (C=O) groups is 1. The van der Waals surface area contributed by atoms with Gasteiger partial charge >= 0.3 is 0 Å². The lowest BCUT2D eigenvalue weighted by Gasteiger charge is -2.05. The maximum Gasteiger partial charge on any atom is 0.279 e. The minimum atomic E-state index is -0.414. The number of hydrogen-bond acceptors (Lipinski definition) is 8. The molecule has 2 aromatic heterocycles. The second kappa shape index (κ2) is 11.3. The fourth-order valence-electron chi connectivity index (χ4n) is 2.80. The summed E-state index contributed by atoms with van der Waals surface area (Å²) in [5.74, 6) is 1.54. The van der Waals surface area contributed by atoms with Gasteiger partial charge in [-0.1, -0.05) is 71.4 Å². The first-order valence-corrected chi connectivity index (χ1v) is 12.5. The van der Waals surface area contributed by atoms with Crippen molar-refractivity contribution < 1.29 is 14.1 Å². The highest BCUT2D eigenvalue weighted by Gasteiger charge is 2.16. The van der Waals surface area contributed by atoms with Crippen molar-refractivity contribution in [1.29, 1.82) is 0 Å². The Morgan fingerprint density at radius 1 is 1.18 bits per heavy atom. The predicted octanol–water partition coefficient (Wildman–Crippen LogP) is 6.57. The third-order valence-electron chi connectivity index (χ3n) is 4.58. The number of rotatable bonds is 10. The lowest BCUT2D eigenvalue weighted by Crippen LogP contribution is -2.11. The average Bonchev–Trinajstić information content (AvgIpc) is 3.49. The fraction of sp³-hybridized carbons (Fsp3) is 0.217. The summed E-state index contributed by atoms with van der Waals surface area (Å²) in [7, 11) is 0. The maximum atomic E-state index is 12.6. The van der Waals surface area contributed by atoms with Gasteiger partial charge < -0.3 is 9.26 Å². The summed E-state index contributed by atoms with van der Waals surface area (Å²) >= 11 is 8.98. The Balaban J connectivity index is 1.33. The highest BCUT2D eigenvalue weighted by atomic mass is 35.5. The molecule has 0 atom stereocenters. The number of ether oxygens (including phenoxy) is 1. The lowest BCUT2D eigenvalue weighted by molar-refractivity contribution is 0.101. The van der Waals surface area contributed by atoms with Crippen molar-refractivity contribution in [3.8, 4) is 17.1 Å². The zero-order valence-corrected chi connectivity index (χ0v) is 20.2. The largest absolute Gasteiger partial charge is 0.494 e. The van der Waals surface area contributed by atoms with E-state index in [1.807, 2.05) is 48.5 Å². The molecule has 0 aliphatic heterocycles. The standard InChI is InChI=1S/C23H21ClN4O3S2/c1-2-3-12-30-17-10-8-15(9-11-17)20-13-19(28-31-20)21(29)25-22-26-27-23(33-22)32-14-16-6-4-5-7-18(16)24/h4-11,13H,2-3,12,14H2,1H3,(H,25,26,29). The Labute approximate surface area is 204 Å². The molecular weight excluding hydrogens is 480 g/mol. The van der Waals surface area contributed by atoms with E-state index in [9.17, 15) is 4.79 Å². The van der Waals surface area contributed by atoms with Gasteiger partial charge in [0.25, 0.3) is 5.91 Å². The Kier molecular flexibility index (Phi) is 7.98. The number of amides is 1. The maximum absolute atomic E-state index is 12.6. The van der Waals surface area contributed by atoms with Crippen LogP contribution in [0.25, 0.3) is 11.3 Å². The Morgan fingerprint density at radius 2 is 2.00 bits per heavy atom. The van der Waals surface area contributed by atoms with Crippen molar-refractivity contribution in [2.75, 3.05) is 11.9 Å². The minimum absolute atomic E-state index is 0.161. The average molecular weight is 501 g/mol. The van der Waals surface area contributed by atoms with Crippen LogP contribution in [0.2, 0.25) is 5.02 Å². The molecule has 33 heavy (non-hydrogen) atoms. The van der Waals surface area contributed by atoms with Gasteiger partial charge in [-0.15, -0.1) is 10.2 Å². The first-order chi connectivity index (χ1) is 16.1. The van der Waals surface area contributed by atoms with Crippen molar-refractivity contribution in [2.24, 2.45) is 0 Å². The van der Waals surface area contributed by atoms with Crippen LogP contribution in [0.4, 0.5) is 5.13 Å². The molecule has 170 valence electrons. The molecule has 1 amide bonds. The van der Waals surface area contributed by atoms with E-state index < -0.39 is 5.91 Å². The molecule has 0 bridgehead atoms. The highest BCUT2D eigenvalue weighted by Crippen LogP contribution is 2.31. The Hall–Kier alpha value is -2.88. The van der Waals surface area contributed by atoms with Crippen molar-refractivity contribution in [1.82, 2.24) is 15.4 Å². The number of aromatic nitrogens is 3. The number of hydrogen-bond donors (Lipinski definition) is 1. The molecule has 4 aromatic rings. The van der Waals surface area contributed by atoms with E-state index in [2.05, 4.69) is 27.6 Å². The molecule has 0 saturated carbocycles. The molecule has 4 rings (SSSR count). The molecule has 2 aromatic carbocycles. The molecule has 0 radical (unpaired) electrons. The van der Waals surface area contributed by atoms with Crippen molar-refractivity contribution in [3.05, 3.63) is 70.9 Å². The van der Waals surface area contributed by atoms with Crippen LogP contribution in [0.3, 0.4) is 0 Å². The van der Waals surface area contributed by atoms with Crippen LogP contribution >= 0.6 is 34.7 Å². The van der Waals surface area contributed by atoms with E-state index in [1.165, 1.54) is 23.1 Å². The topological polar surface area (TPSA) is 90.1 Å². The first kappa shape index (κ1) is 23.3. The quantitative estimate of drug-likeness (QED) is 0.149. The second-order valence-electron chi connectivity index (χ2n) is 7.01. The van der Waals surface area contributed by atoms with Crippen molar-refractivity contribution in [3.63, 3.8) is 0 Å². The first-order valence-electron chi connectivity index (χ1n) is 10.3. The number of unbranched alkanes of at least 4 members (excludes halogenated alkanes) is 1. The van der Waals surface area contributed by atoms with Crippen molar-refractivity contribution >= 4 is 45.7 Å². The van der Waals surface area contributed by atoms with Crippen LogP contribution in [-0.2, 0) is 5.75 Å². The van der Waals surface area contributed by atoms with Gasteiger partial charge in [-0.3, -0.25) is 10.1 Å². The molecule has 0 unspecified atom stereocenters. The molecule has 0 saturated heterocycles. The molecule has 7 nitrogen and oxygen atoms in total.